The third kappa shape index (κ3) is 6.16. The average Bonchev–Trinajstić information content (AvgIpc) is 3.84. The summed E-state index contributed by atoms with van der Waals surface area (Å²) >= 11 is 0. The molecule has 1 atom stereocenters. The fraction of sp³-hybridized carbons (Fsp3) is 0.486. The molecule has 43 heavy (non-hydrogen) atoms. The second-order valence-corrected chi connectivity index (χ2v) is 15.2. The van der Waals surface area contributed by atoms with E-state index < -0.39 is 16.3 Å². The van der Waals surface area contributed by atoms with Crippen LogP contribution >= 0.6 is 10.6 Å². The molecule has 1 aromatic carbocycles. The molecule has 4 nitrogen and oxygen atoms in total. The van der Waals surface area contributed by atoms with Crippen molar-refractivity contribution in [3.8, 4) is 0 Å². The van der Waals surface area contributed by atoms with E-state index in [1.165, 1.54) is 16.7 Å². The zero-order chi connectivity index (χ0) is 30.4. The van der Waals surface area contributed by atoms with Crippen LogP contribution in [0, 0.1) is 5.92 Å². The predicted octanol–water partition coefficient (Wildman–Crippen LogP) is 10.8. The molecular formula is C37H46FNO3S. The van der Waals surface area contributed by atoms with Crippen LogP contribution in [0.3, 0.4) is 0 Å². The number of benzene rings is 1. The Morgan fingerprint density at radius 2 is 1.81 bits per heavy atom. The number of rotatable bonds is 7. The molecular weight excluding hydrogens is 557 g/mol. The third-order valence-electron chi connectivity index (χ3n) is 9.98. The van der Waals surface area contributed by atoms with Gasteiger partial charge < -0.3 is 4.74 Å². The molecule has 1 unspecified atom stereocenters. The molecule has 2 N–H and O–H groups in total. The van der Waals surface area contributed by atoms with Crippen LogP contribution in [-0.4, -0.2) is 26.4 Å². The van der Waals surface area contributed by atoms with Crippen LogP contribution in [0.15, 0.2) is 74.9 Å². The normalized spacial score (nSPS) is 22.4. The van der Waals surface area contributed by atoms with E-state index in [-0.39, 0.29) is 5.92 Å². The van der Waals surface area contributed by atoms with E-state index in [1.54, 1.807) is 0 Å². The maximum Gasteiger partial charge on any atom is 0.111 e. The Balaban J connectivity index is 1.43. The SMILES string of the molecule is CCC(=C1CC1)S(O)(O)c1cccc(C2=CC(CC3(F)CCCCC3)CCc3cc(C4=C(C)OCC(C)=C4C)cnc32)c1. The first-order valence-corrected chi connectivity index (χ1v) is 17.6. The maximum absolute atomic E-state index is 16.1. The summed E-state index contributed by atoms with van der Waals surface area (Å²) in [5.41, 5.74) is 8.58. The minimum atomic E-state index is -3.07. The van der Waals surface area contributed by atoms with Crippen molar-refractivity contribution < 1.29 is 18.2 Å². The molecule has 3 aliphatic carbocycles. The highest BCUT2D eigenvalue weighted by molar-refractivity contribution is 8.27. The van der Waals surface area contributed by atoms with E-state index in [9.17, 15) is 9.11 Å². The number of fused-ring (bicyclic) bond motifs is 1. The van der Waals surface area contributed by atoms with Gasteiger partial charge in [-0.15, -0.1) is 10.6 Å². The van der Waals surface area contributed by atoms with Crippen molar-refractivity contribution in [1.29, 1.82) is 0 Å². The van der Waals surface area contributed by atoms with E-state index in [2.05, 4.69) is 26.0 Å². The second-order valence-electron chi connectivity index (χ2n) is 13.1. The highest BCUT2D eigenvalue weighted by Gasteiger charge is 2.35. The number of aromatic nitrogens is 1. The lowest BCUT2D eigenvalue weighted by molar-refractivity contribution is 0.0817. The van der Waals surface area contributed by atoms with E-state index in [0.717, 1.165) is 89.1 Å². The Hall–Kier alpha value is -2.67. The van der Waals surface area contributed by atoms with Crippen LogP contribution in [0.1, 0.15) is 114 Å². The number of pyridine rings is 1. The Labute approximate surface area is 258 Å². The minimum absolute atomic E-state index is 0.0717. The fourth-order valence-corrected chi connectivity index (χ4v) is 9.20. The number of aryl methyl sites for hydroxylation is 1. The first-order valence-electron chi connectivity index (χ1n) is 16.1. The molecule has 1 aliphatic heterocycles. The van der Waals surface area contributed by atoms with Crippen molar-refractivity contribution in [2.45, 2.75) is 109 Å². The average molecular weight is 604 g/mol. The topological polar surface area (TPSA) is 62.6 Å². The van der Waals surface area contributed by atoms with Crippen molar-refractivity contribution in [2.75, 3.05) is 6.61 Å². The van der Waals surface area contributed by atoms with Crippen molar-refractivity contribution >= 4 is 21.7 Å². The standard InChI is InChI=1S/C37H46FNO3S/c1-5-34(28-14-15-28)43(40,41)32-11-9-10-29(20-32)33-18-27(21-37(38)16-7-6-8-17-37)12-13-30-19-31(22-39-36(30)33)35-25(3)24(2)23-42-26(35)4/h9-11,18-20,22,27,40-41H,5-8,12-17,21,23H2,1-4H3. The molecule has 6 rings (SSSR count). The van der Waals surface area contributed by atoms with Gasteiger partial charge in [0.1, 0.15) is 18.0 Å². The van der Waals surface area contributed by atoms with Gasteiger partial charge in [0.05, 0.1) is 10.6 Å². The number of allylic oxidation sites excluding steroid dienone is 6. The van der Waals surface area contributed by atoms with Crippen molar-refractivity contribution in [2.24, 2.45) is 5.92 Å². The van der Waals surface area contributed by atoms with Gasteiger partial charge in [-0.2, -0.15) is 0 Å². The smallest absolute Gasteiger partial charge is 0.111 e. The zero-order valence-corrected chi connectivity index (χ0v) is 27.0. The van der Waals surface area contributed by atoms with Gasteiger partial charge in [-0.05, 0) is 119 Å². The van der Waals surface area contributed by atoms with Gasteiger partial charge in [0.15, 0.2) is 0 Å². The first-order chi connectivity index (χ1) is 20.6. The molecule has 1 aromatic heterocycles. The Kier molecular flexibility index (Phi) is 8.49. The maximum atomic E-state index is 16.1. The molecule has 0 saturated heterocycles. The van der Waals surface area contributed by atoms with Crippen LogP contribution in [0.2, 0.25) is 0 Å². The largest absolute Gasteiger partial charge is 0.493 e. The van der Waals surface area contributed by atoms with Gasteiger partial charge in [-0.1, -0.05) is 50.0 Å². The van der Waals surface area contributed by atoms with Crippen molar-refractivity contribution in [3.05, 3.63) is 92.4 Å². The first kappa shape index (κ1) is 30.4. The monoisotopic (exact) mass is 603 g/mol. The van der Waals surface area contributed by atoms with Gasteiger partial charge in [0, 0.05) is 27.8 Å². The molecule has 0 bridgehead atoms. The number of nitrogens with zero attached hydrogens (tertiary/aromatic N) is 1. The molecule has 4 aliphatic rings. The third-order valence-corrected chi connectivity index (χ3v) is 12.2. The summed E-state index contributed by atoms with van der Waals surface area (Å²) < 4.78 is 45.0. The van der Waals surface area contributed by atoms with Gasteiger partial charge >= 0.3 is 0 Å². The Bertz CT molecular complexity index is 1540. The lowest BCUT2D eigenvalue weighted by Gasteiger charge is -2.35. The number of hydrogen-bond acceptors (Lipinski definition) is 4. The Morgan fingerprint density at radius 3 is 2.53 bits per heavy atom. The van der Waals surface area contributed by atoms with Gasteiger partial charge in [0.25, 0.3) is 0 Å². The highest BCUT2D eigenvalue weighted by atomic mass is 32.3. The number of hydrogen-bond donors (Lipinski definition) is 2. The summed E-state index contributed by atoms with van der Waals surface area (Å²) in [6.45, 7) is 8.90. The van der Waals surface area contributed by atoms with Crippen LogP contribution in [-0.2, 0) is 11.2 Å². The molecule has 0 amide bonds. The Morgan fingerprint density at radius 1 is 1.05 bits per heavy atom. The molecule has 6 heteroatoms. The second kappa shape index (κ2) is 12.0. The zero-order valence-electron chi connectivity index (χ0n) is 26.1. The minimum Gasteiger partial charge on any atom is -0.493 e. The van der Waals surface area contributed by atoms with E-state index in [0.29, 0.717) is 37.2 Å². The van der Waals surface area contributed by atoms with E-state index >= 15 is 4.39 Å². The van der Waals surface area contributed by atoms with Crippen molar-refractivity contribution in [1.82, 2.24) is 4.98 Å². The summed E-state index contributed by atoms with van der Waals surface area (Å²) in [7, 11) is -3.07. The van der Waals surface area contributed by atoms with E-state index in [1.807, 2.05) is 44.3 Å². The van der Waals surface area contributed by atoms with Crippen LogP contribution < -0.4 is 0 Å². The summed E-state index contributed by atoms with van der Waals surface area (Å²) in [6, 6.07) is 9.97. The summed E-state index contributed by atoms with van der Waals surface area (Å²) in [5.74, 6) is 0.987. The molecule has 2 aromatic rings. The fourth-order valence-electron chi connectivity index (χ4n) is 7.34. The molecule has 0 spiro atoms. The summed E-state index contributed by atoms with van der Waals surface area (Å²) in [5, 5.41) is 0. The van der Waals surface area contributed by atoms with Crippen LogP contribution in [0.5, 0.6) is 0 Å². The molecule has 2 saturated carbocycles. The van der Waals surface area contributed by atoms with Crippen LogP contribution in [0.25, 0.3) is 11.1 Å². The summed E-state index contributed by atoms with van der Waals surface area (Å²) in [6.07, 6.45) is 13.2. The predicted molar refractivity (Wildman–Crippen MR) is 176 cm³/mol. The van der Waals surface area contributed by atoms with E-state index in [4.69, 9.17) is 9.72 Å². The quantitative estimate of drug-likeness (QED) is 0.330. The number of halogens is 1. The van der Waals surface area contributed by atoms with Crippen molar-refractivity contribution in [3.63, 3.8) is 0 Å². The number of alkyl halides is 1. The molecule has 2 fully saturated rings. The molecule has 0 radical (unpaired) electrons. The van der Waals surface area contributed by atoms with Crippen LogP contribution in [0.4, 0.5) is 4.39 Å². The lowest BCUT2D eigenvalue weighted by Crippen LogP contribution is -2.28. The molecule has 2 heterocycles. The van der Waals surface area contributed by atoms with Gasteiger partial charge in [0.2, 0.25) is 0 Å². The summed E-state index contributed by atoms with van der Waals surface area (Å²) in [4.78, 5) is 6.42. The highest BCUT2D eigenvalue weighted by Crippen LogP contribution is 2.60. The lowest BCUT2D eigenvalue weighted by atomic mass is 9.78. The van der Waals surface area contributed by atoms with Gasteiger partial charge in [-0.3, -0.25) is 14.1 Å². The van der Waals surface area contributed by atoms with Gasteiger partial charge in [-0.25, -0.2) is 4.39 Å². The molecule has 230 valence electrons. The number of ether oxygens (including phenoxy) is 1.